The molecule has 2 unspecified atom stereocenters. The van der Waals surface area contributed by atoms with Crippen molar-refractivity contribution in [1.29, 1.82) is 0 Å². The second-order valence-electron chi connectivity index (χ2n) is 5.61. The minimum atomic E-state index is -0.183. The van der Waals surface area contributed by atoms with E-state index in [2.05, 4.69) is 10.2 Å². The summed E-state index contributed by atoms with van der Waals surface area (Å²) in [4.78, 5) is 14.2. The molecular formula is C14H26N2O2. The van der Waals surface area contributed by atoms with Crippen LogP contribution in [0.3, 0.4) is 0 Å². The van der Waals surface area contributed by atoms with E-state index in [1.54, 1.807) is 0 Å². The van der Waals surface area contributed by atoms with Crippen LogP contribution in [0.25, 0.3) is 0 Å². The summed E-state index contributed by atoms with van der Waals surface area (Å²) in [5.41, 5.74) is 0. The lowest BCUT2D eigenvalue weighted by Gasteiger charge is -2.31. The van der Waals surface area contributed by atoms with Crippen molar-refractivity contribution in [2.45, 2.75) is 50.6 Å². The molecule has 104 valence electrons. The van der Waals surface area contributed by atoms with Crippen molar-refractivity contribution in [2.75, 3.05) is 27.2 Å². The Morgan fingerprint density at radius 3 is 2.67 bits per heavy atom. The molecule has 1 aliphatic heterocycles. The van der Waals surface area contributed by atoms with Crippen LogP contribution in [0.1, 0.15) is 38.5 Å². The molecule has 0 bridgehead atoms. The Morgan fingerprint density at radius 2 is 2.06 bits per heavy atom. The topological polar surface area (TPSA) is 41.6 Å². The molecule has 2 atom stereocenters. The fourth-order valence-electron chi connectivity index (χ4n) is 3.62. The zero-order valence-corrected chi connectivity index (χ0v) is 11.7. The molecule has 0 aromatic carbocycles. The van der Waals surface area contributed by atoms with E-state index >= 15 is 0 Å². The Hall–Kier alpha value is -0.610. The molecule has 0 amide bonds. The van der Waals surface area contributed by atoms with Gasteiger partial charge >= 0.3 is 5.97 Å². The van der Waals surface area contributed by atoms with E-state index in [0.29, 0.717) is 6.04 Å². The third-order valence-electron chi connectivity index (χ3n) is 4.61. The van der Waals surface area contributed by atoms with E-state index in [-0.39, 0.29) is 12.0 Å². The number of carbonyl (C=O) groups is 1. The first-order valence-electron chi connectivity index (χ1n) is 7.25. The Bertz CT molecular complexity index is 277. The molecular weight excluding hydrogens is 228 g/mol. The van der Waals surface area contributed by atoms with Gasteiger partial charge in [0, 0.05) is 12.6 Å². The van der Waals surface area contributed by atoms with Gasteiger partial charge in [0.25, 0.3) is 0 Å². The van der Waals surface area contributed by atoms with Gasteiger partial charge < -0.3 is 10.1 Å². The fourth-order valence-corrected chi connectivity index (χ4v) is 3.62. The van der Waals surface area contributed by atoms with E-state index in [1.165, 1.54) is 45.6 Å². The summed E-state index contributed by atoms with van der Waals surface area (Å²) in [5.74, 6) is 0.720. The summed E-state index contributed by atoms with van der Waals surface area (Å²) in [6.45, 7) is 1.93. The van der Waals surface area contributed by atoms with E-state index in [0.717, 1.165) is 19.0 Å². The highest BCUT2D eigenvalue weighted by atomic mass is 16.5. The molecule has 1 N–H and O–H groups in total. The number of likely N-dealkylation sites (tertiary alicyclic amines) is 1. The highest BCUT2D eigenvalue weighted by Crippen LogP contribution is 2.35. The summed E-state index contributed by atoms with van der Waals surface area (Å²) in [6.07, 6.45) is 8.12. The number of rotatable bonds is 5. The molecule has 1 aliphatic carbocycles. The van der Waals surface area contributed by atoms with Crippen LogP contribution < -0.4 is 5.32 Å². The predicted molar refractivity (Wildman–Crippen MR) is 71.4 cm³/mol. The second kappa shape index (κ2) is 6.53. The Balaban J connectivity index is 1.91. The van der Waals surface area contributed by atoms with Crippen LogP contribution in [0.4, 0.5) is 0 Å². The molecule has 18 heavy (non-hydrogen) atoms. The van der Waals surface area contributed by atoms with E-state index in [9.17, 15) is 4.79 Å². The molecule has 2 rings (SSSR count). The van der Waals surface area contributed by atoms with Gasteiger partial charge in [-0.2, -0.15) is 0 Å². The Morgan fingerprint density at radius 1 is 1.33 bits per heavy atom. The number of hydrogen-bond acceptors (Lipinski definition) is 4. The van der Waals surface area contributed by atoms with Crippen LogP contribution in [0, 0.1) is 5.92 Å². The summed E-state index contributed by atoms with van der Waals surface area (Å²) in [6, 6.07) is 0.519. The van der Waals surface area contributed by atoms with Gasteiger partial charge in [0.15, 0.2) is 0 Å². The first kappa shape index (κ1) is 13.8. The lowest BCUT2D eigenvalue weighted by Crippen LogP contribution is -2.48. The molecule has 4 nitrogen and oxygen atoms in total. The molecule has 2 aliphatic rings. The first-order chi connectivity index (χ1) is 8.76. The zero-order valence-electron chi connectivity index (χ0n) is 11.7. The molecule has 0 aromatic heterocycles. The highest BCUT2D eigenvalue weighted by molar-refractivity contribution is 5.75. The summed E-state index contributed by atoms with van der Waals surface area (Å²) >= 11 is 0. The number of carbonyl (C=O) groups excluding carboxylic acids is 1. The number of esters is 1. The summed E-state index contributed by atoms with van der Waals surface area (Å²) < 4.78 is 4.85. The van der Waals surface area contributed by atoms with E-state index in [4.69, 9.17) is 4.74 Å². The number of methoxy groups -OCH3 is 1. The number of hydrogen-bond donors (Lipinski definition) is 1. The van der Waals surface area contributed by atoms with Crippen molar-refractivity contribution in [3.63, 3.8) is 0 Å². The van der Waals surface area contributed by atoms with E-state index < -0.39 is 0 Å². The van der Waals surface area contributed by atoms with Gasteiger partial charge in [0.1, 0.15) is 6.04 Å². The zero-order chi connectivity index (χ0) is 13.0. The smallest absolute Gasteiger partial charge is 0.324 e. The van der Waals surface area contributed by atoms with Crippen LogP contribution in [0.5, 0.6) is 0 Å². The summed E-state index contributed by atoms with van der Waals surface area (Å²) in [5, 5.41) is 3.07. The molecule has 4 heteroatoms. The minimum Gasteiger partial charge on any atom is -0.468 e. The maximum atomic E-state index is 11.6. The average Bonchev–Trinajstić information content (AvgIpc) is 3.05. The van der Waals surface area contributed by atoms with Crippen molar-refractivity contribution >= 4 is 5.97 Å². The lowest BCUT2D eigenvalue weighted by atomic mass is 9.96. The molecule has 0 aromatic rings. The molecule has 1 saturated carbocycles. The first-order valence-corrected chi connectivity index (χ1v) is 7.25. The van der Waals surface area contributed by atoms with Crippen LogP contribution in [0.2, 0.25) is 0 Å². The van der Waals surface area contributed by atoms with Gasteiger partial charge in [-0.05, 0) is 45.2 Å². The average molecular weight is 254 g/mol. The van der Waals surface area contributed by atoms with Crippen LogP contribution in [-0.2, 0) is 9.53 Å². The maximum Gasteiger partial charge on any atom is 0.324 e. The van der Waals surface area contributed by atoms with Gasteiger partial charge in [0.2, 0.25) is 0 Å². The Labute approximate surface area is 110 Å². The third-order valence-corrected chi connectivity index (χ3v) is 4.61. The summed E-state index contributed by atoms with van der Waals surface area (Å²) in [7, 11) is 3.30. The number of nitrogens with zero attached hydrogens (tertiary/aromatic N) is 1. The van der Waals surface area contributed by atoms with Crippen molar-refractivity contribution in [3.05, 3.63) is 0 Å². The Kier molecular flexibility index (Phi) is 5.01. The maximum absolute atomic E-state index is 11.6. The van der Waals surface area contributed by atoms with Crippen molar-refractivity contribution in [2.24, 2.45) is 5.92 Å². The van der Waals surface area contributed by atoms with Gasteiger partial charge in [-0.25, -0.2) is 0 Å². The van der Waals surface area contributed by atoms with Crippen molar-refractivity contribution < 1.29 is 9.53 Å². The quantitative estimate of drug-likeness (QED) is 0.753. The van der Waals surface area contributed by atoms with Crippen molar-refractivity contribution in [3.8, 4) is 0 Å². The van der Waals surface area contributed by atoms with Gasteiger partial charge in [-0.1, -0.05) is 12.8 Å². The number of ether oxygens (including phenoxy) is 1. The van der Waals surface area contributed by atoms with Gasteiger partial charge in [-0.3, -0.25) is 9.69 Å². The van der Waals surface area contributed by atoms with Crippen LogP contribution >= 0.6 is 0 Å². The normalized spacial score (nSPS) is 27.6. The monoisotopic (exact) mass is 254 g/mol. The van der Waals surface area contributed by atoms with Crippen molar-refractivity contribution in [1.82, 2.24) is 10.2 Å². The highest BCUT2D eigenvalue weighted by Gasteiger charge is 2.35. The standard InChI is InChI=1S/C14H26N2O2/c1-15-12(14(17)18-2)10-16-9-5-8-13(16)11-6-3-4-7-11/h11-13,15H,3-10H2,1-2H3. The SMILES string of the molecule is CNC(CN1CCCC1C1CCCC1)C(=O)OC. The van der Waals surface area contributed by atoms with Gasteiger partial charge in [0.05, 0.1) is 7.11 Å². The molecule has 1 heterocycles. The molecule has 0 radical (unpaired) electrons. The van der Waals surface area contributed by atoms with Crippen LogP contribution in [-0.4, -0.2) is 50.2 Å². The predicted octanol–water partition coefficient (Wildman–Crippen LogP) is 1.40. The molecule has 1 saturated heterocycles. The molecule has 0 spiro atoms. The fraction of sp³-hybridized carbons (Fsp3) is 0.929. The second-order valence-corrected chi connectivity index (χ2v) is 5.61. The largest absolute Gasteiger partial charge is 0.468 e. The third kappa shape index (κ3) is 3.04. The molecule has 2 fully saturated rings. The van der Waals surface area contributed by atoms with E-state index in [1.807, 2.05) is 7.05 Å². The minimum absolute atomic E-state index is 0.144. The lowest BCUT2D eigenvalue weighted by molar-refractivity contribution is -0.143. The van der Waals surface area contributed by atoms with Gasteiger partial charge in [-0.15, -0.1) is 0 Å². The number of likely N-dealkylation sites (N-methyl/N-ethyl adjacent to an activating group) is 1. The van der Waals surface area contributed by atoms with Crippen LogP contribution in [0.15, 0.2) is 0 Å². The number of nitrogens with one attached hydrogen (secondary N) is 1.